The molecule has 0 bridgehead atoms. The second kappa shape index (κ2) is 6.00. The van der Waals surface area contributed by atoms with Crippen LogP contribution in [0.3, 0.4) is 0 Å². The van der Waals surface area contributed by atoms with Crippen LogP contribution in [0.5, 0.6) is 0 Å². The zero-order valence-corrected chi connectivity index (χ0v) is 14.0. The van der Waals surface area contributed by atoms with Gasteiger partial charge in [0.05, 0.1) is 6.04 Å². The number of rotatable bonds is 3. The van der Waals surface area contributed by atoms with Crippen molar-refractivity contribution in [3.05, 3.63) is 76.0 Å². The topological polar surface area (TPSA) is 12.0 Å². The highest BCUT2D eigenvalue weighted by atomic mass is 14.9. The normalized spacial score (nSPS) is 16.5. The molecule has 0 radical (unpaired) electrons. The highest BCUT2D eigenvalue weighted by Gasteiger charge is 2.19. The molecule has 0 aromatic heterocycles. The van der Waals surface area contributed by atoms with Crippen molar-refractivity contribution < 1.29 is 0 Å². The maximum absolute atomic E-state index is 3.53. The highest BCUT2D eigenvalue weighted by Crippen LogP contribution is 2.31. The molecule has 1 heteroatoms. The first kappa shape index (κ1) is 14.9. The Bertz CT molecular complexity index is 690. The van der Waals surface area contributed by atoms with E-state index in [4.69, 9.17) is 0 Å². The second-order valence-electron chi connectivity index (χ2n) is 6.92. The van der Waals surface area contributed by atoms with E-state index in [1.54, 1.807) is 0 Å². The lowest BCUT2D eigenvalue weighted by Crippen LogP contribution is -2.21. The first-order chi connectivity index (χ1) is 10.5. The van der Waals surface area contributed by atoms with E-state index in [1.165, 1.54) is 33.4 Å². The molecule has 1 N–H and O–H groups in total. The van der Waals surface area contributed by atoms with Crippen LogP contribution in [0.15, 0.2) is 42.6 Å². The van der Waals surface area contributed by atoms with Crippen LogP contribution in [0.25, 0.3) is 6.08 Å². The molecular weight excluding hydrogens is 266 g/mol. The molecule has 1 aliphatic heterocycles. The minimum Gasteiger partial charge on any atom is -0.380 e. The largest absolute Gasteiger partial charge is 0.380 e. The molecule has 1 atom stereocenters. The van der Waals surface area contributed by atoms with Crippen molar-refractivity contribution in [1.29, 1.82) is 0 Å². The number of hydrogen-bond acceptors (Lipinski definition) is 1. The summed E-state index contributed by atoms with van der Waals surface area (Å²) in [4.78, 5) is 0. The number of fused-ring (bicyclic) bond motifs is 1. The Morgan fingerprint density at radius 3 is 2.41 bits per heavy atom. The predicted molar refractivity (Wildman–Crippen MR) is 94.9 cm³/mol. The van der Waals surface area contributed by atoms with Gasteiger partial charge in [0.2, 0.25) is 0 Å². The number of hydrogen-bond donors (Lipinski definition) is 1. The van der Waals surface area contributed by atoms with Crippen molar-refractivity contribution in [2.45, 2.75) is 40.2 Å². The monoisotopic (exact) mass is 291 g/mol. The van der Waals surface area contributed by atoms with Crippen LogP contribution in [0.1, 0.15) is 53.3 Å². The van der Waals surface area contributed by atoms with E-state index in [-0.39, 0.29) is 6.04 Å². The average molecular weight is 291 g/mol. The van der Waals surface area contributed by atoms with E-state index >= 15 is 0 Å². The number of aryl methyl sites for hydroxylation is 2. The molecule has 1 heterocycles. The van der Waals surface area contributed by atoms with E-state index in [2.05, 4.69) is 81.7 Å². The van der Waals surface area contributed by atoms with Crippen molar-refractivity contribution in [3.63, 3.8) is 0 Å². The van der Waals surface area contributed by atoms with E-state index in [0.29, 0.717) is 5.92 Å². The maximum atomic E-state index is 3.53. The van der Waals surface area contributed by atoms with Gasteiger partial charge in [0.15, 0.2) is 0 Å². The summed E-state index contributed by atoms with van der Waals surface area (Å²) in [5.74, 6) is 0.693. The summed E-state index contributed by atoms with van der Waals surface area (Å²) in [5.41, 5.74) is 8.15. The predicted octanol–water partition coefficient (Wildman–Crippen LogP) is 5.17. The molecule has 0 saturated heterocycles. The van der Waals surface area contributed by atoms with Gasteiger partial charge in [0.25, 0.3) is 0 Å². The van der Waals surface area contributed by atoms with Crippen LogP contribution < -0.4 is 5.32 Å². The molecule has 114 valence electrons. The van der Waals surface area contributed by atoms with Gasteiger partial charge in [0, 0.05) is 0 Å². The van der Waals surface area contributed by atoms with Gasteiger partial charge in [-0.25, -0.2) is 0 Å². The fourth-order valence-electron chi connectivity index (χ4n) is 3.41. The summed E-state index contributed by atoms with van der Waals surface area (Å²) in [7, 11) is 0. The molecule has 0 spiro atoms. The van der Waals surface area contributed by atoms with E-state index < -0.39 is 0 Å². The second-order valence-corrected chi connectivity index (χ2v) is 6.92. The van der Waals surface area contributed by atoms with Gasteiger partial charge in [-0.3, -0.25) is 0 Å². The fraction of sp³-hybridized carbons (Fsp3) is 0.333. The smallest absolute Gasteiger partial charge is 0.0768 e. The van der Waals surface area contributed by atoms with Crippen molar-refractivity contribution in [1.82, 2.24) is 5.32 Å². The van der Waals surface area contributed by atoms with Gasteiger partial charge in [-0.15, -0.1) is 0 Å². The highest BCUT2D eigenvalue weighted by molar-refractivity contribution is 5.60. The Morgan fingerprint density at radius 1 is 1.00 bits per heavy atom. The Morgan fingerprint density at radius 2 is 1.73 bits per heavy atom. The molecule has 0 saturated carbocycles. The minimum atomic E-state index is 0.256. The van der Waals surface area contributed by atoms with Gasteiger partial charge >= 0.3 is 0 Å². The maximum Gasteiger partial charge on any atom is 0.0768 e. The third-order valence-corrected chi connectivity index (χ3v) is 4.21. The molecular formula is C21H25N. The third kappa shape index (κ3) is 3.09. The molecule has 0 aliphatic carbocycles. The van der Waals surface area contributed by atoms with Gasteiger partial charge in [0.1, 0.15) is 0 Å². The van der Waals surface area contributed by atoms with Crippen molar-refractivity contribution in [2.75, 3.05) is 0 Å². The minimum absolute atomic E-state index is 0.256. The third-order valence-electron chi connectivity index (χ3n) is 4.21. The zero-order chi connectivity index (χ0) is 15.7. The molecule has 1 aliphatic rings. The van der Waals surface area contributed by atoms with Crippen molar-refractivity contribution in [3.8, 4) is 0 Å². The molecule has 2 aromatic rings. The first-order valence-corrected chi connectivity index (χ1v) is 8.16. The summed E-state index contributed by atoms with van der Waals surface area (Å²) >= 11 is 0. The summed E-state index contributed by atoms with van der Waals surface area (Å²) in [6, 6.07) is 14.0. The average Bonchev–Trinajstić information content (AvgIpc) is 2.44. The van der Waals surface area contributed by atoms with E-state index in [9.17, 15) is 0 Å². The van der Waals surface area contributed by atoms with Crippen LogP contribution in [0, 0.1) is 19.8 Å². The zero-order valence-electron chi connectivity index (χ0n) is 14.0. The van der Waals surface area contributed by atoms with E-state index in [1.807, 2.05) is 0 Å². The molecule has 1 nitrogen and oxygen atoms in total. The first-order valence-electron chi connectivity index (χ1n) is 8.16. The number of nitrogens with one attached hydrogen (secondary N) is 1. The van der Waals surface area contributed by atoms with Crippen LogP contribution in [-0.2, 0) is 6.42 Å². The van der Waals surface area contributed by atoms with Gasteiger partial charge < -0.3 is 5.32 Å². The van der Waals surface area contributed by atoms with Gasteiger partial charge in [-0.1, -0.05) is 61.4 Å². The molecule has 2 aromatic carbocycles. The lowest BCUT2D eigenvalue weighted by atomic mass is 9.88. The van der Waals surface area contributed by atoms with Crippen LogP contribution in [0.4, 0.5) is 0 Å². The van der Waals surface area contributed by atoms with Crippen molar-refractivity contribution >= 4 is 6.08 Å². The molecule has 22 heavy (non-hydrogen) atoms. The lowest BCUT2D eigenvalue weighted by Gasteiger charge is -2.25. The SMILES string of the molecule is Cc1cc(C)cc(C2NC=Cc3cc(CC(C)C)ccc32)c1. The number of benzene rings is 2. The molecule has 0 amide bonds. The Labute approximate surface area is 134 Å². The summed E-state index contributed by atoms with van der Waals surface area (Å²) in [6.45, 7) is 8.88. The Hall–Kier alpha value is -2.02. The molecule has 3 rings (SSSR count). The van der Waals surface area contributed by atoms with Gasteiger partial charge in [-0.05, 0) is 60.7 Å². The standard InChI is InChI=1S/C21H25N/c1-14(2)9-17-5-6-20-18(13-17)7-8-22-21(20)19-11-15(3)10-16(4)12-19/h5-8,10-14,21-22H,9H2,1-4H3. The lowest BCUT2D eigenvalue weighted by molar-refractivity contribution is 0.646. The van der Waals surface area contributed by atoms with E-state index in [0.717, 1.165) is 6.42 Å². The van der Waals surface area contributed by atoms with Crippen molar-refractivity contribution in [2.24, 2.45) is 5.92 Å². The fourth-order valence-corrected chi connectivity index (χ4v) is 3.41. The van der Waals surface area contributed by atoms with Crippen LogP contribution in [-0.4, -0.2) is 0 Å². The summed E-state index contributed by atoms with van der Waals surface area (Å²) in [6.07, 6.45) is 5.42. The van der Waals surface area contributed by atoms with Crippen LogP contribution in [0.2, 0.25) is 0 Å². The Kier molecular flexibility index (Phi) is 4.06. The Balaban J connectivity index is 1.99. The van der Waals surface area contributed by atoms with Crippen LogP contribution >= 0.6 is 0 Å². The van der Waals surface area contributed by atoms with Gasteiger partial charge in [-0.2, -0.15) is 0 Å². The quantitative estimate of drug-likeness (QED) is 0.823. The molecule has 1 unspecified atom stereocenters. The molecule has 0 fully saturated rings. The summed E-state index contributed by atoms with van der Waals surface area (Å²) < 4.78 is 0. The summed E-state index contributed by atoms with van der Waals surface area (Å²) in [5, 5.41) is 3.53.